The van der Waals surface area contributed by atoms with Crippen molar-refractivity contribution in [2.75, 3.05) is 7.11 Å². The van der Waals surface area contributed by atoms with Gasteiger partial charge in [-0.1, -0.05) is 43.8 Å². The first-order valence-electron chi connectivity index (χ1n) is 8.97. The summed E-state index contributed by atoms with van der Waals surface area (Å²) in [5.74, 6) is 0.752. The second-order valence-corrected chi connectivity index (χ2v) is 7.87. The molecule has 5 nitrogen and oxygen atoms in total. The second kappa shape index (κ2) is 7.12. The lowest BCUT2D eigenvalue weighted by Crippen LogP contribution is -2.22. The summed E-state index contributed by atoms with van der Waals surface area (Å²) in [5.41, 5.74) is 2.86. The molecule has 27 heavy (non-hydrogen) atoms. The smallest absolute Gasteiger partial charge is 0.283 e. The van der Waals surface area contributed by atoms with Crippen LogP contribution in [0.1, 0.15) is 20.3 Å². The Hall–Kier alpha value is -2.73. The Morgan fingerprint density at radius 2 is 1.93 bits per heavy atom. The summed E-state index contributed by atoms with van der Waals surface area (Å²) in [6.45, 7) is 4.28. The van der Waals surface area contributed by atoms with Gasteiger partial charge in [-0.15, -0.1) is 0 Å². The number of para-hydroxylation sites is 1. The first-order chi connectivity index (χ1) is 13.1. The van der Waals surface area contributed by atoms with Crippen molar-refractivity contribution in [1.29, 1.82) is 0 Å². The molecule has 0 fully saturated rings. The largest absolute Gasteiger partial charge is 0.497 e. The van der Waals surface area contributed by atoms with E-state index in [-0.39, 0.29) is 5.56 Å². The van der Waals surface area contributed by atoms with Gasteiger partial charge in [0.1, 0.15) is 16.8 Å². The second-order valence-electron chi connectivity index (χ2n) is 6.46. The van der Waals surface area contributed by atoms with Crippen LogP contribution in [-0.2, 0) is 0 Å². The SMILES string of the molecule is CC[C@H](C)Sc1nc2c([nH]c3ccccc32)c(=O)n1-c1ccc(OC)cc1. The zero-order valence-electron chi connectivity index (χ0n) is 15.5. The van der Waals surface area contributed by atoms with Crippen molar-refractivity contribution in [3.63, 3.8) is 0 Å². The molecule has 0 amide bonds. The van der Waals surface area contributed by atoms with Crippen molar-refractivity contribution in [2.24, 2.45) is 0 Å². The minimum absolute atomic E-state index is 0.0906. The zero-order chi connectivity index (χ0) is 19.0. The van der Waals surface area contributed by atoms with Crippen molar-refractivity contribution in [1.82, 2.24) is 14.5 Å². The Kier molecular flexibility index (Phi) is 4.66. The minimum atomic E-state index is -0.0906. The number of thioether (sulfide) groups is 1. The van der Waals surface area contributed by atoms with Crippen molar-refractivity contribution in [2.45, 2.75) is 30.7 Å². The fraction of sp³-hybridized carbons (Fsp3) is 0.238. The number of ether oxygens (including phenoxy) is 1. The van der Waals surface area contributed by atoms with Gasteiger partial charge in [-0.25, -0.2) is 4.98 Å². The number of methoxy groups -OCH3 is 1. The molecule has 138 valence electrons. The van der Waals surface area contributed by atoms with E-state index in [2.05, 4.69) is 18.8 Å². The Bertz CT molecular complexity index is 1160. The normalized spacial score (nSPS) is 12.6. The molecule has 0 bridgehead atoms. The Morgan fingerprint density at radius 3 is 2.63 bits per heavy atom. The number of hydrogen-bond acceptors (Lipinski definition) is 4. The molecular formula is C21H21N3O2S. The van der Waals surface area contributed by atoms with Crippen LogP contribution in [0.2, 0.25) is 0 Å². The maximum absolute atomic E-state index is 13.4. The van der Waals surface area contributed by atoms with E-state index in [1.165, 1.54) is 0 Å². The Morgan fingerprint density at radius 1 is 1.19 bits per heavy atom. The standard InChI is InChI=1S/C21H21N3O2S/c1-4-13(2)27-21-23-18-16-7-5-6-8-17(16)22-19(18)20(25)24(21)14-9-11-15(26-3)12-10-14/h5-13,22H,4H2,1-3H3/t13-/m0/s1. The highest BCUT2D eigenvalue weighted by Crippen LogP contribution is 2.29. The van der Waals surface area contributed by atoms with Crippen LogP contribution >= 0.6 is 11.8 Å². The van der Waals surface area contributed by atoms with Gasteiger partial charge in [0.25, 0.3) is 5.56 Å². The molecule has 0 aliphatic carbocycles. The van der Waals surface area contributed by atoms with Crippen molar-refractivity contribution in [3.8, 4) is 11.4 Å². The molecule has 4 rings (SSSR count). The molecule has 0 saturated carbocycles. The van der Waals surface area contributed by atoms with E-state index in [0.29, 0.717) is 15.9 Å². The first kappa shape index (κ1) is 17.7. The summed E-state index contributed by atoms with van der Waals surface area (Å²) in [7, 11) is 1.63. The lowest BCUT2D eigenvalue weighted by atomic mass is 10.2. The molecule has 0 aliphatic heterocycles. The number of aromatic amines is 1. The fourth-order valence-electron chi connectivity index (χ4n) is 3.04. The van der Waals surface area contributed by atoms with Crippen LogP contribution in [0.4, 0.5) is 0 Å². The van der Waals surface area contributed by atoms with Crippen molar-refractivity contribution >= 4 is 33.7 Å². The number of H-pyrrole nitrogens is 1. The molecule has 1 N–H and O–H groups in total. The van der Waals surface area contributed by atoms with Crippen molar-refractivity contribution < 1.29 is 4.74 Å². The molecule has 0 spiro atoms. The van der Waals surface area contributed by atoms with E-state index in [1.807, 2.05) is 48.5 Å². The van der Waals surface area contributed by atoms with E-state index in [1.54, 1.807) is 23.4 Å². The van der Waals surface area contributed by atoms with Crippen LogP contribution in [0.15, 0.2) is 58.5 Å². The summed E-state index contributed by atoms with van der Waals surface area (Å²) in [6, 6.07) is 15.4. The monoisotopic (exact) mass is 379 g/mol. The van der Waals surface area contributed by atoms with Gasteiger partial charge < -0.3 is 9.72 Å². The van der Waals surface area contributed by atoms with Crippen LogP contribution in [0, 0.1) is 0 Å². The van der Waals surface area contributed by atoms with E-state index in [0.717, 1.165) is 34.3 Å². The number of nitrogens with one attached hydrogen (secondary N) is 1. The van der Waals surface area contributed by atoms with Crippen LogP contribution < -0.4 is 10.3 Å². The highest BCUT2D eigenvalue weighted by molar-refractivity contribution is 7.99. The zero-order valence-corrected chi connectivity index (χ0v) is 16.3. The molecule has 6 heteroatoms. The van der Waals surface area contributed by atoms with E-state index in [9.17, 15) is 4.79 Å². The summed E-state index contributed by atoms with van der Waals surface area (Å²) in [6.07, 6.45) is 0.995. The van der Waals surface area contributed by atoms with E-state index in [4.69, 9.17) is 9.72 Å². The number of rotatable bonds is 5. The number of benzene rings is 2. The quantitative estimate of drug-likeness (QED) is 0.401. The number of aromatic nitrogens is 3. The first-order valence-corrected chi connectivity index (χ1v) is 9.85. The maximum atomic E-state index is 13.4. The molecule has 4 aromatic rings. The third-order valence-corrected chi connectivity index (χ3v) is 5.93. The molecule has 2 aromatic heterocycles. The van der Waals surface area contributed by atoms with Gasteiger partial charge in [-0.3, -0.25) is 9.36 Å². The molecule has 0 aliphatic rings. The number of fused-ring (bicyclic) bond motifs is 3. The van der Waals surface area contributed by atoms with E-state index >= 15 is 0 Å². The van der Waals surface area contributed by atoms with Crippen molar-refractivity contribution in [3.05, 3.63) is 58.9 Å². The average Bonchev–Trinajstić information content (AvgIpc) is 3.07. The number of hydrogen-bond donors (Lipinski definition) is 1. The fourth-order valence-corrected chi connectivity index (χ4v) is 4.01. The predicted octanol–water partition coefficient (Wildman–Crippen LogP) is 4.77. The van der Waals surface area contributed by atoms with Gasteiger partial charge in [0.15, 0.2) is 5.16 Å². The molecule has 0 unspecified atom stereocenters. The van der Waals surface area contributed by atoms with Gasteiger partial charge in [0, 0.05) is 16.2 Å². The molecule has 1 atom stereocenters. The lowest BCUT2D eigenvalue weighted by Gasteiger charge is -2.15. The highest BCUT2D eigenvalue weighted by Gasteiger charge is 2.18. The van der Waals surface area contributed by atoms with Gasteiger partial charge in [-0.05, 0) is 36.8 Å². The maximum Gasteiger partial charge on any atom is 0.283 e. The van der Waals surface area contributed by atoms with Crippen LogP contribution in [0.3, 0.4) is 0 Å². The van der Waals surface area contributed by atoms with Gasteiger partial charge in [-0.2, -0.15) is 0 Å². The summed E-state index contributed by atoms with van der Waals surface area (Å²) < 4.78 is 6.93. The molecule has 0 radical (unpaired) electrons. The van der Waals surface area contributed by atoms with Crippen LogP contribution in [0.25, 0.3) is 27.6 Å². The summed E-state index contributed by atoms with van der Waals surface area (Å²) in [4.78, 5) is 21.5. The average molecular weight is 379 g/mol. The highest BCUT2D eigenvalue weighted by atomic mass is 32.2. The topological polar surface area (TPSA) is 59.9 Å². The third kappa shape index (κ3) is 3.10. The minimum Gasteiger partial charge on any atom is -0.497 e. The van der Waals surface area contributed by atoms with Crippen LogP contribution in [-0.4, -0.2) is 26.9 Å². The molecule has 2 aromatic carbocycles. The summed E-state index contributed by atoms with van der Waals surface area (Å²) >= 11 is 1.62. The summed E-state index contributed by atoms with van der Waals surface area (Å²) in [5, 5.41) is 2.03. The lowest BCUT2D eigenvalue weighted by molar-refractivity contribution is 0.414. The van der Waals surface area contributed by atoms with Gasteiger partial charge in [0.2, 0.25) is 0 Å². The molecular weight excluding hydrogens is 358 g/mol. The Balaban J connectivity index is 2.01. The molecule has 0 saturated heterocycles. The van der Waals surface area contributed by atoms with E-state index < -0.39 is 0 Å². The Labute approximate surface area is 161 Å². The van der Waals surface area contributed by atoms with Crippen LogP contribution in [0.5, 0.6) is 5.75 Å². The van der Waals surface area contributed by atoms with Gasteiger partial charge in [0.05, 0.1) is 12.8 Å². The third-order valence-electron chi connectivity index (χ3n) is 4.71. The van der Waals surface area contributed by atoms with Gasteiger partial charge >= 0.3 is 0 Å². The predicted molar refractivity (Wildman–Crippen MR) is 111 cm³/mol. The molecule has 2 heterocycles. The number of nitrogens with zero attached hydrogens (tertiary/aromatic N) is 2.